The van der Waals surface area contributed by atoms with Crippen molar-refractivity contribution >= 4 is 54.9 Å². The summed E-state index contributed by atoms with van der Waals surface area (Å²) in [5, 5.41) is 8.93. The number of hydrogen-bond donors (Lipinski definition) is 0. The zero-order valence-electron chi connectivity index (χ0n) is 38.7. The van der Waals surface area contributed by atoms with Crippen LogP contribution in [0.15, 0.2) is 133 Å². The fourth-order valence-electron chi connectivity index (χ4n) is 8.96. The summed E-state index contributed by atoms with van der Waals surface area (Å²) >= 11 is 0. The molecule has 0 spiro atoms. The van der Waals surface area contributed by atoms with Crippen LogP contribution in [-0.2, 0) is 45.2 Å². The number of rotatable bonds is 6. The van der Waals surface area contributed by atoms with Gasteiger partial charge in [0.15, 0.2) is 0 Å². The molecule has 4 bridgehead atoms. The Hall–Kier alpha value is -3.93. The van der Waals surface area contributed by atoms with Gasteiger partial charge in [-0.1, -0.05) is 178 Å². The van der Waals surface area contributed by atoms with Gasteiger partial charge in [0.2, 0.25) is 0 Å². The van der Waals surface area contributed by atoms with Gasteiger partial charge in [-0.2, -0.15) is 0 Å². The van der Waals surface area contributed by atoms with Crippen LogP contribution in [0, 0.1) is 55.4 Å². The van der Waals surface area contributed by atoms with Gasteiger partial charge in [0.05, 0.1) is 0 Å². The molecule has 0 atom stereocenters. The van der Waals surface area contributed by atoms with Crippen LogP contribution >= 0.6 is 15.8 Å². The Balaban J connectivity index is 0.000000477. The molecular formula is C56H62BF4P2Rh-. The molecule has 5 aliphatic rings. The van der Waals surface area contributed by atoms with Crippen LogP contribution in [0.5, 0.6) is 0 Å². The van der Waals surface area contributed by atoms with Gasteiger partial charge in [-0.25, -0.2) is 0 Å². The van der Waals surface area contributed by atoms with E-state index in [4.69, 9.17) is 0 Å². The molecule has 6 aromatic rings. The predicted octanol–water partition coefficient (Wildman–Crippen LogP) is 13.5. The van der Waals surface area contributed by atoms with Crippen molar-refractivity contribution in [3.63, 3.8) is 0 Å². The smallest absolute Gasteiger partial charge is 0.418 e. The third kappa shape index (κ3) is 15.1. The molecule has 1 radical (unpaired) electrons. The third-order valence-electron chi connectivity index (χ3n) is 11.3. The van der Waals surface area contributed by atoms with Crippen molar-refractivity contribution in [1.29, 1.82) is 0 Å². The van der Waals surface area contributed by atoms with E-state index in [1.807, 2.05) is 0 Å². The van der Waals surface area contributed by atoms with Crippen molar-refractivity contribution < 1.29 is 36.7 Å². The molecule has 64 heavy (non-hydrogen) atoms. The van der Waals surface area contributed by atoms with E-state index in [0.717, 1.165) is 25.7 Å². The normalized spacial score (nSPS) is 14.0. The molecule has 0 aliphatic heterocycles. The number of halogens is 4. The molecule has 0 saturated carbocycles. The molecule has 0 saturated heterocycles. The second-order valence-electron chi connectivity index (χ2n) is 17.6. The summed E-state index contributed by atoms with van der Waals surface area (Å²) in [7, 11) is -7.41. The van der Waals surface area contributed by atoms with Gasteiger partial charge in [0.1, 0.15) is 0 Å². The van der Waals surface area contributed by atoms with Crippen LogP contribution in [0.4, 0.5) is 17.3 Å². The fourth-order valence-corrected chi connectivity index (χ4v) is 14.9. The Labute approximate surface area is 396 Å². The first-order valence-corrected chi connectivity index (χ1v) is 25.0. The van der Waals surface area contributed by atoms with E-state index < -0.39 is 23.1 Å². The number of aryl methyl sites for hydroxylation is 12. The first-order valence-electron chi connectivity index (χ1n) is 22.3. The Morgan fingerprint density at radius 1 is 0.344 bits per heavy atom. The maximum atomic E-state index is 9.75. The topological polar surface area (TPSA) is 0 Å². The van der Waals surface area contributed by atoms with Gasteiger partial charge in [-0.15, -0.1) is 0 Å². The summed E-state index contributed by atoms with van der Waals surface area (Å²) in [5.74, 6) is 0. The Bertz CT molecular complexity index is 2220. The molecule has 0 amide bonds. The van der Waals surface area contributed by atoms with E-state index in [2.05, 4.69) is 189 Å². The van der Waals surface area contributed by atoms with Crippen LogP contribution in [0.1, 0.15) is 92.4 Å². The minimum atomic E-state index is -6.00. The first kappa shape index (κ1) is 51.1. The molecule has 8 heteroatoms. The molecule has 337 valence electrons. The minimum absolute atomic E-state index is 0. The first-order chi connectivity index (χ1) is 30.0. The van der Waals surface area contributed by atoms with Gasteiger partial charge >= 0.3 is 7.25 Å². The minimum Gasteiger partial charge on any atom is -0.418 e. The zero-order chi connectivity index (χ0) is 45.3. The maximum Gasteiger partial charge on any atom is 0.673 e. The third-order valence-corrected chi connectivity index (χ3v) is 16.2. The molecule has 11 rings (SSSR count). The molecule has 0 N–H and O–H groups in total. The van der Waals surface area contributed by atoms with E-state index in [1.54, 1.807) is 0 Å². The molecular weight excluding hydrogens is 924 g/mol. The summed E-state index contributed by atoms with van der Waals surface area (Å²) in [6.07, 6.45) is 18.1. The van der Waals surface area contributed by atoms with E-state index in [0.29, 0.717) is 0 Å². The maximum absolute atomic E-state index is 9.75. The quantitative estimate of drug-likeness (QED) is 0.0675. The molecule has 6 aromatic carbocycles. The fraction of sp³-hybridized carbons (Fsp3) is 0.286. The average Bonchev–Trinajstić information content (AvgIpc) is 3.14. The summed E-state index contributed by atoms with van der Waals surface area (Å²) in [5.41, 5.74) is 16.7. The van der Waals surface area contributed by atoms with Crippen molar-refractivity contribution in [1.82, 2.24) is 0 Å². The van der Waals surface area contributed by atoms with Crippen molar-refractivity contribution in [3.8, 4) is 0 Å². The second kappa shape index (κ2) is 23.5. The van der Waals surface area contributed by atoms with E-state index >= 15 is 0 Å². The summed E-state index contributed by atoms with van der Waals surface area (Å²) in [6, 6.07) is 43.8. The monoisotopic (exact) mass is 986 g/mol. The van der Waals surface area contributed by atoms with Crippen LogP contribution in [0.25, 0.3) is 0 Å². The van der Waals surface area contributed by atoms with Crippen molar-refractivity contribution in [3.05, 3.63) is 200 Å². The number of allylic oxidation sites excluding steroid dienone is 4. The van der Waals surface area contributed by atoms with Gasteiger partial charge in [0.25, 0.3) is 0 Å². The Morgan fingerprint density at radius 3 is 0.812 bits per heavy atom. The molecule has 0 nitrogen and oxygen atoms in total. The van der Waals surface area contributed by atoms with Crippen molar-refractivity contribution in [2.45, 2.75) is 107 Å². The van der Waals surface area contributed by atoms with Crippen LogP contribution in [0.2, 0.25) is 0 Å². The number of hydrogen-bond acceptors (Lipinski definition) is 0. The van der Waals surface area contributed by atoms with Crippen molar-refractivity contribution in [2.24, 2.45) is 0 Å². The molecule has 0 unspecified atom stereocenters. The van der Waals surface area contributed by atoms with Gasteiger partial charge in [0, 0.05) is 19.5 Å². The molecule has 0 fully saturated rings. The van der Waals surface area contributed by atoms with E-state index in [9.17, 15) is 17.3 Å². The zero-order valence-corrected chi connectivity index (χ0v) is 42.1. The van der Waals surface area contributed by atoms with E-state index in [-0.39, 0.29) is 19.5 Å². The van der Waals surface area contributed by atoms with Crippen LogP contribution in [0.3, 0.4) is 0 Å². The Morgan fingerprint density at radius 2 is 0.578 bits per heavy atom. The summed E-state index contributed by atoms with van der Waals surface area (Å²) in [6.45, 7) is 18.0. The predicted molar refractivity (Wildman–Crippen MR) is 270 cm³/mol. The van der Waals surface area contributed by atoms with Crippen molar-refractivity contribution in [2.75, 3.05) is 0 Å². The standard InChI is InChI=1S/C48H50P2.C8H12.BF4.Rh/c1-31-17-32(2)22-43(21-31)49(44-23-33(3)18-34(4)24-44)47-29-39-9-13-41(47)15-11-40-10-14-42(16-12-39)48(30-40)50(45-25-35(5)19-36(6)26-45)46-27-37(7)20-38(8)28-46;1-2-4-6-8-7-5-3-1;2-1(3,4)5;/h9-10,13-14,17-30H,11-12,15-16H2,1-8H3;1-2,7-8H,3-6H2;;/q;;-1;/b;2-1-,8-7?;;. The molecule has 5 aliphatic carbocycles. The van der Waals surface area contributed by atoms with Gasteiger partial charge < -0.3 is 17.3 Å². The molecule has 0 aromatic heterocycles. The van der Waals surface area contributed by atoms with Crippen LogP contribution < -0.4 is 31.8 Å². The second-order valence-corrected chi connectivity index (χ2v) is 21.9. The summed E-state index contributed by atoms with van der Waals surface area (Å²) < 4.78 is 39.0. The van der Waals surface area contributed by atoms with Gasteiger partial charge in [-0.05, 0) is 177 Å². The number of benzene rings is 6. The molecule has 0 heterocycles. The van der Waals surface area contributed by atoms with Crippen LogP contribution in [-0.4, -0.2) is 7.25 Å². The largest absolute Gasteiger partial charge is 0.673 e. The Kier molecular flexibility index (Phi) is 18.7. The van der Waals surface area contributed by atoms with E-state index in [1.165, 1.54) is 124 Å². The summed E-state index contributed by atoms with van der Waals surface area (Å²) in [4.78, 5) is 0. The van der Waals surface area contributed by atoms with Gasteiger partial charge in [-0.3, -0.25) is 0 Å². The average molecular weight is 987 g/mol. The SMILES string of the molecule is C1=CCC/C=C\CC1.Cc1cc(C)cc(P(c2cc(C)cc(C)c2)c2cc3ccc2CCc2ccc(c(P(c4cc(C)cc(C)c4)c4cc(C)cc(C)c4)c2)CC3)c1.F[B-](F)(F)F.[Rh].